The maximum atomic E-state index is 13.4. The van der Waals surface area contributed by atoms with Gasteiger partial charge in [0.2, 0.25) is 5.91 Å². The van der Waals surface area contributed by atoms with Gasteiger partial charge in [0.1, 0.15) is 0 Å². The minimum atomic E-state index is 0.0246. The summed E-state index contributed by atoms with van der Waals surface area (Å²) in [6, 6.07) is 9.84. The predicted molar refractivity (Wildman–Crippen MR) is 107 cm³/mol. The van der Waals surface area contributed by atoms with Gasteiger partial charge in [0.05, 0.1) is 16.9 Å². The van der Waals surface area contributed by atoms with E-state index in [2.05, 4.69) is 23.8 Å². The zero-order chi connectivity index (χ0) is 19.8. The molecule has 2 saturated heterocycles. The molecule has 2 amide bonds. The maximum absolute atomic E-state index is 13.4. The number of fused-ring (bicyclic) bond motifs is 2. The van der Waals surface area contributed by atoms with Crippen LogP contribution in [-0.4, -0.2) is 56.6 Å². The number of carbonyl (C=O) groups is 2. The fourth-order valence-electron chi connectivity index (χ4n) is 4.50. The molecule has 0 N–H and O–H groups in total. The van der Waals surface area contributed by atoms with Crippen LogP contribution in [0.2, 0.25) is 0 Å². The molecule has 4 rings (SSSR count). The number of hydrogen-bond acceptors (Lipinski definition) is 3. The van der Waals surface area contributed by atoms with E-state index < -0.39 is 0 Å². The molecule has 2 atom stereocenters. The van der Waals surface area contributed by atoms with Gasteiger partial charge in [0, 0.05) is 37.8 Å². The molecular formula is C22H28N4O2. The van der Waals surface area contributed by atoms with Crippen molar-refractivity contribution in [3.63, 3.8) is 0 Å². The normalized spacial score (nSPS) is 21.4. The number of aryl methyl sites for hydroxylation is 1. The molecule has 148 valence electrons. The van der Waals surface area contributed by atoms with Gasteiger partial charge in [-0.3, -0.25) is 9.59 Å². The van der Waals surface area contributed by atoms with Crippen molar-refractivity contribution in [1.29, 1.82) is 0 Å². The van der Waals surface area contributed by atoms with E-state index in [9.17, 15) is 9.59 Å². The van der Waals surface area contributed by atoms with Crippen LogP contribution in [0, 0.1) is 12.8 Å². The maximum Gasteiger partial charge on any atom is 0.256 e. The SMILES string of the molecule is Cc1ccn(-c2ccccc2C(=O)N2C[C@H]3CC[C@@H](C2)N3C(=O)CC(C)C)n1. The third kappa shape index (κ3) is 3.43. The molecule has 0 aliphatic carbocycles. The summed E-state index contributed by atoms with van der Waals surface area (Å²) in [5.74, 6) is 0.620. The minimum absolute atomic E-state index is 0.0246. The fourth-order valence-corrected chi connectivity index (χ4v) is 4.50. The number of benzene rings is 1. The molecule has 2 aliphatic heterocycles. The molecule has 1 aromatic heterocycles. The first-order valence-electron chi connectivity index (χ1n) is 10.2. The number of aromatic nitrogens is 2. The lowest BCUT2D eigenvalue weighted by Crippen LogP contribution is -2.57. The molecule has 6 heteroatoms. The van der Waals surface area contributed by atoms with E-state index in [0.717, 1.165) is 24.2 Å². The molecule has 2 aliphatic rings. The molecule has 0 saturated carbocycles. The van der Waals surface area contributed by atoms with E-state index in [0.29, 0.717) is 31.0 Å². The van der Waals surface area contributed by atoms with E-state index in [1.807, 2.05) is 48.4 Å². The second-order valence-electron chi connectivity index (χ2n) is 8.41. The van der Waals surface area contributed by atoms with Gasteiger partial charge in [-0.1, -0.05) is 26.0 Å². The molecule has 1 aromatic carbocycles. The number of piperazine rings is 1. The van der Waals surface area contributed by atoms with Crippen molar-refractivity contribution in [2.24, 2.45) is 5.92 Å². The third-order valence-corrected chi connectivity index (χ3v) is 5.74. The Morgan fingerprint density at radius 2 is 1.79 bits per heavy atom. The van der Waals surface area contributed by atoms with Crippen LogP contribution in [0.15, 0.2) is 36.5 Å². The van der Waals surface area contributed by atoms with Crippen molar-refractivity contribution in [3.8, 4) is 5.69 Å². The van der Waals surface area contributed by atoms with Crippen molar-refractivity contribution in [3.05, 3.63) is 47.8 Å². The first-order valence-corrected chi connectivity index (χ1v) is 10.2. The number of likely N-dealkylation sites (tertiary alicyclic amines) is 1. The molecular weight excluding hydrogens is 352 g/mol. The number of carbonyl (C=O) groups excluding carboxylic acids is 2. The van der Waals surface area contributed by atoms with Crippen LogP contribution in [0.3, 0.4) is 0 Å². The van der Waals surface area contributed by atoms with E-state index in [1.165, 1.54) is 0 Å². The van der Waals surface area contributed by atoms with Crippen molar-refractivity contribution in [2.45, 2.75) is 52.1 Å². The van der Waals surface area contributed by atoms with Crippen LogP contribution < -0.4 is 0 Å². The van der Waals surface area contributed by atoms with E-state index in [1.54, 1.807) is 4.68 Å². The Morgan fingerprint density at radius 1 is 1.11 bits per heavy atom. The van der Waals surface area contributed by atoms with Crippen LogP contribution in [0.5, 0.6) is 0 Å². The van der Waals surface area contributed by atoms with Crippen LogP contribution in [0.1, 0.15) is 49.2 Å². The minimum Gasteiger partial charge on any atom is -0.334 e. The first kappa shape index (κ1) is 18.7. The Morgan fingerprint density at radius 3 is 2.39 bits per heavy atom. The van der Waals surface area contributed by atoms with E-state index >= 15 is 0 Å². The van der Waals surface area contributed by atoms with Crippen LogP contribution >= 0.6 is 0 Å². The van der Waals surface area contributed by atoms with Gasteiger partial charge in [0.15, 0.2) is 0 Å². The third-order valence-electron chi connectivity index (χ3n) is 5.74. The highest BCUT2D eigenvalue weighted by atomic mass is 16.2. The zero-order valence-electron chi connectivity index (χ0n) is 16.8. The summed E-state index contributed by atoms with van der Waals surface area (Å²) in [4.78, 5) is 30.0. The standard InChI is InChI=1S/C22H28N4O2/c1-15(2)12-21(27)26-17-8-9-18(26)14-24(13-17)22(28)19-6-4-5-7-20(19)25-11-10-16(3)23-25/h4-7,10-11,15,17-18H,8-9,12-14H2,1-3H3/t17-,18+. The van der Waals surface area contributed by atoms with Gasteiger partial charge in [-0.05, 0) is 43.9 Å². The molecule has 2 aromatic rings. The van der Waals surface area contributed by atoms with Crippen molar-refractivity contribution in [2.75, 3.05) is 13.1 Å². The quantitative estimate of drug-likeness (QED) is 0.819. The monoisotopic (exact) mass is 380 g/mol. The van der Waals surface area contributed by atoms with Crippen molar-refractivity contribution < 1.29 is 9.59 Å². The number of amides is 2. The Bertz CT molecular complexity index is 874. The number of hydrogen-bond donors (Lipinski definition) is 0. The lowest BCUT2D eigenvalue weighted by molar-refractivity contribution is -0.137. The second kappa shape index (κ2) is 7.41. The van der Waals surface area contributed by atoms with Gasteiger partial charge in [-0.25, -0.2) is 4.68 Å². The molecule has 0 spiro atoms. The highest BCUT2D eigenvalue weighted by Gasteiger charge is 2.43. The second-order valence-corrected chi connectivity index (χ2v) is 8.41. The molecule has 0 unspecified atom stereocenters. The van der Waals surface area contributed by atoms with Crippen molar-refractivity contribution >= 4 is 11.8 Å². The van der Waals surface area contributed by atoms with Crippen LogP contribution in [0.25, 0.3) is 5.69 Å². The van der Waals surface area contributed by atoms with E-state index in [-0.39, 0.29) is 23.9 Å². The Balaban J connectivity index is 1.55. The Kier molecular flexibility index (Phi) is 4.96. The average Bonchev–Trinajstić information content (AvgIpc) is 3.21. The highest BCUT2D eigenvalue weighted by molar-refractivity contribution is 5.98. The summed E-state index contributed by atoms with van der Waals surface area (Å²) >= 11 is 0. The molecule has 0 radical (unpaired) electrons. The van der Waals surface area contributed by atoms with Crippen LogP contribution in [0.4, 0.5) is 0 Å². The first-order chi connectivity index (χ1) is 13.4. The highest BCUT2D eigenvalue weighted by Crippen LogP contribution is 2.32. The van der Waals surface area contributed by atoms with E-state index in [4.69, 9.17) is 0 Å². The van der Waals surface area contributed by atoms with Gasteiger partial charge < -0.3 is 9.80 Å². The van der Waals surface area contributed by atoms with Gasteiger partial charge in [-0.2, -0.15) is 5.10 Å². The molecule has 2 bridgehead atoms. The largest absolute Gasteiger partial charge is 0.334 e. The van der Waals surface area contributed by atoms with Crippen LogP contribution in [-0.2, 0) is 4.79 Å². The average molecular weight is 380 g/mol. The smallest absolute Gasteiger partial charge is 0.256 e. The summed E-state index contributed by atoms with van der Waals surface area (Å²) in [7, 11) is 0. The summed E-state index contributed by atoms with van der Waals surface area (Å²) in [6.45, 7) is 7.32. The molecule has 6 nitrogen and oxygen atoms in total. The lowest BCUT2D eigenvalue weighted by atomic mass is 10.1. The number of rotatable bonds is 4. The summed E-state index contributed by atoms with van der Waals surface area (Å²) in [6.07, 6.45) is 4.44. The topological polar surface area (TPSA) is 58.4 Å². The number of nitrogens with zero attached hydrogens (tertiary/aromatic N) is 4. The summed E-state index contributed by atoms with van der Waals surface area (Å²) in [5.41, 5.74) is 2.37. The molecule has 28 heavy (non-hydrogen) atoms. The van der Waals surface area contributed by atoms with Crippen molar-refractivity contribution in [1.82, 2.24) is 19.6 Å². The predicted octanol–water partition coefficient (Wildman–Crippen LogP) is 3.04. The van der Waals surface area contributed by atoms with Gasteiger partial charge >= 0.3 is 0 Å². The molecule has 3 heterocycles. The summed E-state index contributed by atoms with van der Waals surface area (Å²) < 4.78 is 1.76. The van der Waals surface area contributed by atoms with Gasteiger partial charge in [-0.15, -0.1) is 0 Å². The fraction of sp³-hybridized carbons (Fsp3) is 0.500. The van der Waals surface area contributed by atoms with Gasteiger partial charge in [0.25, 0.3) is 5.91 Å². The summed E-state index contributed by atoms with van der Waals surface area (Å²) in [5, 5.41) is 4.47. The Hall–Kier alpha value is -2.63. The zero-order valence-corrected chi connectivity index (χ0v) is 16.8. The Labute approximate surface area is 166 Å². The number of para-hydroxylation sites is 1. The lowest BCUT2D eigenvalue weighted by Gasteiger charge is -2.41. The molecule has 2 fully saturated rings.